The van der Waals surface area contributed by atoms with Crippen LogP contribution in [0.4, 0.5) is 0 Å². The van der Waals surface area contributed by atoms with Gasteiger partial charge in [-0.05, 0) is 41.5 Å². The maximum atomic E-state index is 12.1. The largest absolute Gasteiger partial charge is 0.463 e. The van der Waals surface area contributed by atoms with Crippen molar-refractivity contribution in [2.75, 3.05) is 0 Å². The lowest BCUT2D eigenvalue weighted by Gasteiger charge is -2.04. The maximum Gasteiger partial charge on any atom is 0.234 e. The highest BCUT2D eigenvalue weighted by Gasteiger charge is 2.07. The first-order chi connectivity index (χ1) is 11.6. The molecule has 2 heterocycles. The maximum absolute atomic E-state index is 12.1. The van der Waals surface area contributed by atoms with Crippen molar-refractivity contribution in [2.24, 2.45) is 0 Å². The van der Waals surface area contributed by atoms with Crippen LogP contribution in [-0.2, 0) is 16.6 Å². The van der Waals surface area contributed by atoms with Gasteiger partial charge in [-0.1, -0.05) is 30.3 Å². The second-order valence-electron chi connectivity index (χ2n) is 5.11. The molecule has 122 valence electrons. The van der Waals surface area contributed by atoms with Gasteiger partial charge in [0, 0.05) is 18.1 Å². The summed E-state index contributed by atoms with van der Waals surface area (Å²) in [5.74, 6) is 0.642. The molecule has 3 rings (SSSR count). The molecule has 2 aromatic heterocycles. The van der Waals surface area contributed by atoms with E-state index >= 15 is 0 Å². The van der Waals surface area contributed by atoms with E-state index in [0.717, 1.165) is 16.5 Å². The Morgan fingerprint density at radius 3 is 2.67 bits per heavy atom. The van der Waals surface area contributed by atoms with E-state index in [1.54, 1.807) is 42.8 Å². The molecule has 0 fully saturated rings. The van der Waals surface area contributed by atoms with Crippen molar-refractivity contribution in [3.05, 3.63) is 83.6 Å². The zero-order valence-corrected chi connectivity index (χ0v) is 13.6. The molecular formula is C18H16N2O3S. The Morgan fingerprint density at radius 2 is 1.92 bits per heavy atom. The van der Waals surface area contributed by atoms with Crippen LogP contribution in [0, 0.1) is 0 Å². The van der Waals surface area contributed by atoms with E-state index in [0.29, 0.717) is 11.5 Å². The van der Waals surface area contributed by atoms with Gasteiger partial charge < -0.3 is 4.42 Å². The number of nitrogens with one attached hydrogen (secondary N) is 1. The van der Waals surface area contributed by atoms with E-state index in [2.05, 4.69) is 9.71 Å². The van der Waals surface area contributed by atoms with Crippen LogP contribution < -0.4 is 4.72 Å². The zero-order valence-electron chi connectivity index (χ0n) is 12.8. The Bertz CT molecular complexity index is 918. The third kappa shape index (κ3) is 4.41. The zero-order chi connectivity index (χ0) is 16.8. The smallest absolute Gasteiger partial charge is 0.234 e. The minimum atomic E-state index is -3.52. The molecule has 0 saturated carbocycles. The van der Waals surface area contributed by atoms with Gasteiger partial charge in [-0.3, -0.25) is 4.98 Å². The first-order valence-electron chi connectivity index (χ1n) is 7.34. The summed E-state index contributed by atoms with van der Waals surface area (Å²) >= 11 is 0. The van der Waals surface area contributed by atoms with Crippen LogP contribution in [0.25, 0.3) is 17.5 Å². The Hall–Kier alpha value is -2.70. The summed E-state index contributed by atoms with van der Waals surface area (Å²) in [6.07, 6.45) is 4.76. The number of sulfonamides is 1. The van der Waals surface area contributed by atoms with Crippen molar-refractivity contribution in [1.82, 2.24) is 9.71 Å². The van der Waals surface area contributed by atoms with Gasteiger partial charge in [-0.25, -0.2) is 13.1 Å². The van der Waals surface area contributed by atoms with Gasteiger partial charge in [0.05, 0.1) is 6.26 Å². The molecule has 1 aromatic carbocycles. The fourth-order valence-corrected chi connectivity index (χ4v) is 2.91. The van der Waals surface area contributed by atoms with Crippen LogP contribution in [0.1, 0.15) is 11.1 Å². The van der Waals surface area contributed by atoms with Gasteiger partial charge in [-0.2, -0.15) is 0 Å². The predicted octanol–water partition coefficient (Wildman–Crippen LogP) is 3.43. The molecule has 6 heteroatoms. The van der Waals surface area contributed by atoms with Crippen LogP contribution in [0.5, 0.6) is 0 Å². The number of pyridine rings is 1. The van der Waals surface area contributed by atoms with Crippen LogP contribution in [-0.4, -0.2) is 13.4 Å². The molecular weight excluding hydrogens is 324 g/mol. The standard InChI is InChI=1S/C18H16N2O3S/c21-24(22,12-9-15-5-2-1-3-6-15)20-14-16-8-10-19-17(13-16)18-7-4-11-23-18/h1-13,20H,14H2. The van der Waals surface area contributed by atoms with Crippen molar-refractivity contribution >= 4 is 16.1 Å². The molecule has 0 aliphatic rings. The summed E-state index contributed by atoms with van der Waals surface area (Å²) in [4.78, 5) is 4.22. The minimum Gasteiger partial charge on any atom is -0.463 e. The molecule has 3 aromatic rings. The third-order valence-electron chi connectivity index (χ3n) is 3.31. The lowest BCUT2D eigenvalue weighted by molar-refractivity contribution is 0.580. The number of rotatable bonds is 6. The fourth-order valence-electron chi connectivity index (χ4n) is 2.11. The van der Waals surface area contributed by atoms with Gasteiger partial charge in [0.2, 0.25) is 10.0 Å². The summed E-state index contributed by atoms with van der Waals surface area (Å²) in [6.45, 7) is 0.178. The Balaban J connectivity index is 1.67. The van der Waals surface area contributed by atoms with Crippen LogP contribution in [0.15, 0.2) is 76.9 Å². The van der Waals surface area contributed by atoms with Crippen molar-refractivity contribution in [2.45, 2.75) is 6.54 Å². The van der Waals surface area contributed by atoms with Crippen molar-refractivity contribution in [1.29, 1.82) is 0 Å². The van der Waals surface area contributed by atoms with E-state index in [1.165, 1.54) is 0 Å². The predicted molar refractivity (Wildman–Crippen MR) is 93.2 cm³/mol. The molecule has 1 N–H and O–H groups in total. The number of hydrogen-bond acceptors (Lipinski definition) is 4. The Kier molecular flexibility index (Phi) is 4.88. The lowest BCUT2D eigenvalue weighted by atomic mass is 10.2. The van der Waals surface area contributed by atoms with E-state index in [1.807, 2.05) is 30.3 Å². The second kappa shape index (κ2) is 7.25. The normalized spacial score (nSPS) is 11.8. The van der Waals surface area contributed by atoms with Crippen molar-refractivity contribution in [3.63, 3.8) is 0 Å². The number of aromatic nitrogens is 1. The molecule has 0 saturated heterocycles. The molecule has 0 spiro atoms. The van der Waals surface area contributed by atoms with E-state index < -0.39 is 10.0 Å². The summed E-state index contributed by atoms with van der Waals surface area (Å²) in [7, 11) is -3.52. The van der Waals surface area contributed by atoms with Crippen molar-refractivity contribution < 1.29 is 12.8 Å². The molecule has 0 aliphatic carbocycles. The number of hydrogen-bond donors (Lipinski definition) is 1. The average Bonchev–Trinajstić information content (AvgIpc) is 3.14. The van der Waals surface area contributed by atoms with E-state index in [4.69, 9.17) is 4.42 Å². The lowest BCUT2D eigenvalue weighted by Crippen LogP contribution is -2.20. The SMILES string of the molecule is O=S(=O)(C=Cc1ccccc1)NCc1ccnc(-c2ccco2)c1. The highest BCUT2D eigenvalue weighted by atomic mass is 32.2. The fraction of sp³-hybridized carbons (Fsp3) is 0.0556. The molecule has 0 radical (unpaired) electrons. The van der Waals surface area contributed by atoms with Crippen molar-refractivity contribution in [3.8, 4) is 11.5 Å². The molecule has 24 heavy (non-hydrogen) atoms. The summed E-state index contributed by atoms with van der Waals surface area (Å²) in [5.41, 5.74) is 2.29. The quantitative estimate of drug-likeness (QED) is 0.746. The minimum absolute atomic E-state index is 0.178. The third-order valence-corrected chi connectivity index (χ3v) is 4.36. The molecule has 5 nitrogen and oxygen atoms in total. The van der Waals surface area contributed by atoms with Gasteiger partial charge in [0.1, 0.15) is 5.69 Å². The summed E-state index contributed by atoms with van der Waals surface area (Å²) in [6, 6.07) is 16.4. The van der Waals surface area contributed by atoms with Gasteiger partial charge in [0.25, 0.3) is 0 Å². The molecule has 0 unspecified atom stereocenters. The summed E-state index contributed by atoms with van der Waals surface area (Å²) < 4.78 is 32.0. The van der Waals surface area contributed by atoms with Gasteiger partial charge in [0.15, 0.2) is 5.76 Å². The van der Waals surface area contributed by atoms with E-state index in [9.17, 15) is 8.42 Å². The first-order valence-corrected chi connectivity index (χ1v) is 8.89. The molecule has 0 aliphatic heterocycles. The summed E-state index contributed by atoms with van der Waals surface area (Å²) in [5, 5.41) is 1.16. The highest BCUT2D eigenvalue weighted by molar-refractivity contribution is 7.92. The van der Waals surface area contributed by atoms with Gasteiger partial charge in [-0.15, -0.1) is 0 Å². The first kappa shape index (κ1) is 16.2. The monoisotopic (exact) mass is 340 g/mol. The van der Waals surface area contributed by atoms with E-state index in [-0.39, 0.29) is 6.54 Å². The highest BCUT2D eigenvalue weighted by Crippen LogP contribution is 2.18. The number of furan rings is 1. The van der Waals surface area contributed by atoms with Gasteiger partial charge >= 0.3 is 0 Å². The number of benzene rings is 1. The molecule has 0 atom stereocenters. The topological polar surface area (TPSA) is 72.2 Å². The van der Waals surface area contributed by atoms with Crippen LogP contribution in [0.3, 0.4) is 0 Å². The Morgan fingerprint density at radius 1 is 1.08 bits per heavy atom. The van der Waals surface area contributed by atoms with Crippen LogP contribution in [0.2, 0.25) is 0 Å². The van der Waals surface area contributed by atoms with Crippen LogP contribution >= 0.6 is 0 Å². The second-order valence-corrected chi connectivity index (χ2v) is 6.76. The molecule has 0 amide bonds. The number of nitrogens with zero attached hydrogens (tertiary/aromatic N) is 1. The average molecular weight is 340 g/mol. The molecule has 0 bridgehead atoms. The Labute approximate surface area is 140 Å².